The van der Waals surface area contributed by atoms with Crippen molar-refractivity contribution in [2.75, 3.05) is 0 Å². The molecule has 0 aliphatic rings. The van der Waals surface area contributed by atoms with Gasteiger partial charge < -0.3 is 10.3 Å². The molecule has 2 aromatic rings. The summed E-state index contributed by atoms with van der Waals surface area (Å²) < 4.78 is 2.03. The molecule has 0 aliphatic heterocycles. The predicted octanol–water partition coefficient (Wildman–Crippen LogP) is 1.06. The highest BCUT2D eigenvalue weighted by molar-refractivity contribution is 5.75. The molecule has 2 rings (SSSR count). The van der Waals surface area contributed by atoms with E-state index >= 15 is 0 Å². The smallest absolute Gasteiger partial charge is 0.131 e. The van der Waals surface area contributed by atoms with Gasteiger partial charge >= 0.3 is 0 Å². The van der Waals surface area contributed by atoms with Gasteiger partial charge in [-0.3, -0.25) is 4.99 Å². The Morgan fingerprint density at radius 1 is 1.50 bits per heavy atom. The molecule has 1 aromatic carbocycles. The number of para-hydroxylation sites is 2. The molecule has 72 valence electrons. The third-order valence-corrected chi connectivity index (χ3v) is 2.22. The average Bonchev–Trinajstić information content (AvgIpc) is 2.54. The van der Waals surface area contributed by atoms with Crippen molar-refractivity contribution in [3.8, 4) is 0 Å². The van der Waals surface area contributed by atoms with Gasteiger partial charge in [0.1, 0.15) is 5.82 Å². The minimum absolute atomic E-state index is 0.529. The molecular formula is C10H12N4. The molecule has 0 amide bonds. The molecule has 0 bridgehead atoms. The zero-order chi connectivity index (χ0) is 9.97. The van der Waals surface area contributed by atoms with Crippen molar-refractivity contribution in [3.05, 3.63) is 30.1 Å². The number of nitrogens with zero attached hydrogens (tertiary/aromatic N) is 3. The van der Waals surface area contributed by atoms with Gasteiger partial charge in [-0.25, -0.2) is 4.98 Å². The van der Waals surface area contributed by atoms with Crippen LogP contribution in [0, 0.1) is 0 Å². The van der Waals surface area contributed by atoms with Crippen LogP contribution in [0.3, 0.4) is 0 Å². The minimum atomic E-state index is 0.529. The summed E-state index contributed by atoms with van der Waals surface area (Å²) in [7, 11) is 1.98. The summed E-state index contributed by atoms with van der Waals surface area (Å²) in [6.07, 6.45) is 1.30. The summed E-state index contributed by atoms with van der Waals surface area (Å²) in [5, 5.41) is 0. The van der Waals surface area contributed by atoms with E-state index in [9.17, 15) is 0 Å². The summed E-state index contributed by atoms with van der Waals surface area (Å²) >= 11 is 0. The molecule has 1 heterocycles. The first-order chi connectivity index (χ1) is 6.83. The van der Waals surface area contributed by atoms with E-state index in [-0.39, 0.29) is 0 Å². The lowest BCUT2D eigenvalue weighted by atomic mass is 10.3. The topological polar surface area (TPSA) is 56.2 Å². The van der Waals surface area contributed by atoms with Crippen molar-refractivity contribution < 1.29 is 0 Å². The highest BCUT2D eigenvalue weighted by atomic mass is 15.1. The van der Waals surface area contributed by atoms with Crippen LogP contribution >= 0.6 is 0 Å². The monoisotopic (exact) mass is 188 g/mol. The van der Waals surface area contributed by atoms with Crippen molar-refractivity contribution in [2.24, 2.45) is 17.8 Å². The summed E-state index contributed by atoms with van der Waals surface area (Å²) in [6, 6.07) is 8.01. The molecule has 0 radical (unpaired) electrons. The van der Waals surface area contributed by atoms with Crippen LogP contribution in [0.5, 0.6) is 0 Å². The maximum atomic E-state index is 5.19. The third kappa shape index (κ3) is 1.35. The number of nitrogens with two attached hydrogens (primary N) is 1. The van der Waals surface area contributed by atoms with E-state index < -0.39 is 0 Å². The van der Waals surface area contributed by atoms with Crippen molar-refractivity contribution >= 4 is 17.4 Å². The van der Waals surface area contributed by atoms with Crippen LogP contribution in [0.2, 0.25) is 0 Å². The lowest BCUT2D eigenvalue weighted by molar-refractivity contribution is 0.815. The SMILES string of the molecule is Cn1c(CN=CN)nc2ccccc21. The van der Waals surface area contributed by atoms with Gasteiger partial charge in [0.15, 0.2) is 0 Å². The maximum absolute atomic E-state index is 5.19. The molecule has 4 heteroatoms. The van der Waals surface area contributed by atoms with Crippen LogP contribution in [0.25, 0.3) is 11.0 Å². The molecule has 14 heavy (non-hydrogen) atoms. The largest absolute Gasteiger partial charge is 0.390 e. The van der Waals surface area contributed by atoms with E-state index in [0.29, 0.717) is 6.54 Å². The first-order valence-corrected chi connectivity index (χ1v) is 4.43. The van der Waals surface area contributed by atoms with Crippen molar-refractivity contribution in [1.29, 1.82) is 0 Å². The van der Waals surface area contributed by atoms with Gasteiger partial charge in [-0.05, 0) is 12.1 Å². The lowest BCUT2D eigenvalue weighted by Gasteiger charge is -1.97. The van der Waals surface area contributed by atoms with E-state index in [4.69, 9.17) is 5.73 Å². The van der Waals surface area contributed by atoms with Crippen molar-refractivity contribution in [1.82, 2.24) is 9.55 Å². The molecule has 0 saturated heterocycles. The molecule has 0 fully saturated rings. The third-order valence-electron chi connectivity index (χ3n) is 2.22. The zero-order valence-electron chi connectivity index (χ0n) is 8.01. The van der Waals surface area contributed by atoms with E-state index in [1.54, 1.807) is 0 Å². The van der Waals surface area contributed by atoms with Crippen LogP contribution in [0.4, 0.5) is 0 Å². The van der Waals surface area contributed by atoms with E-state index in [0.717, 1.165) is 16.9 Å². The molecule has 2 N–H and O–H groups in total. The molecule has 0 atom stereocenters. The number of imidazole rings is 1. The predicted molar refractivity (Wildman–Crippen MR) is 57.1 cm³/mol. The molecule has 4 nitrogen and oxygen atoms in total. The standard InChI is InChI=1S/C10H12N4/c1-14-9-5-3-2-4-8(9)13-10(14)6-12-7-11/h2-5,7H,6H2,1H3,(H2,11,12). The second-order valence-corrected chi connectivity index (χ2v) is 3.07. The molecule has 0 spiro atoms. The van der Waals surface area contributed by atoms with E-state index in [1.165, 1.54) is 6.34 Å². The average molecular weight is 188 g/mol. The zero-order valence-corrected chi connectivity index (χ0v) is 8.01. The number of hydrogen-bond donors (Lipinski definition) is 1. The number of benzene rings is 1. The summed E-state index contributed by atoms with van der Waals surface area (Å²) in [6.45, 7) is 0.529. The lowest BCUT2D eigenvalue weighted by Crippen LogP contribution is -1.98. The Kier molecular flexibility index (Phi) is 2.18. The van der Waals surface area contributed by atoms with E-state index in [2.05, 4.69) is 9.98 Å². The van der Waals surface area contributed by atoms with Gasteiger partial charge in [-0.15, -0.1) is 0 Å². The highest BCUT2D eigenvalue weighted by Gasteiger charge is 2.04. The van der Waals surface area contributed by atoms with Gasteiger partial charge in [-0.1, -0.05) is 12.1 Å². The first kappa shape index (κ1) is 8.74. The van der Waals surface area contributed by atoms with Crippen LogP contribution in [0.1, 0.15) is 5.82 Å². The number of aryl methyl sites for hydroxylation is 1. The fourth-order valence-corrected chi connectivity index (χ4v) is 1.47. The normalized spacial score (nSPS) is 11.5. The van der Waals surface area contributed by atoms with Crippen LogP contribution in [-0.4, -0.2) is 15.9 Å². The minimum Gasteiger partial charge on any atom is -0.390 e. The second-order valence-electron chi connectivity index (χ2n) is 3.07. The molecule has 0 saturated carbocycles. The van der Waals surface area contributed by atoms with Crippen molar-refractivity contribution in [2.45, 2.75) is 6.54 Å². The second kappa shape index (κ2) is 3.49. The summed E-state index contributed by atoms with van der Waals surface area (Å²) in [5.74, 6) is 0.924. The maximum Gasteiger partial charge on any atom is 0.131 e. The summed E-state index contributed by atoms with van der Waals surface area (Å²) in [4.78, 5) is 8.41. The molecular weight excluding hydrogens is 176 g/mol. The van der Waals surface area contributed by atoms with Crippen molar-refractivity contribution in [3.63, 3.8) is 0 Å². The van der Waals surface area contributed by atoms with Gasteiger partial charge in [0.2, 0.25) is 0 Å². The Morgan fingerprint density at radius 3 is 3.00 bits per heavy atom. The van der Waals surface area contributed by atoms with Gasteiger partial charge in [0, 0.05) is 7.05 Å². The Balaban J connectivity index is 2.51. The fraction of sp³-hybridized carbons (Fsp3) is 0.200. The number of hydrogen-bond acceptors (Lipinski definition) is 2. The molecule has 0 aliphatic carbocycles. The van der Waals surface area contributed by atoms with Crippen LogP contribution < -0.4 is 5.73 Å². The number of aliphatic imine (C=N–C) groups is 1. The number of fused-ring (bicyclic) bond motifs is 1. The quantitative estimate of drug-likeness (QED) is 0.566. The Hall–Kier alpha value is -1.84. The van der Waals surface area contributed by atoms with Gasteiger partial charge in [0.25, 0.3) is 0 Å². The molecule has 1 aromatic heterocycles. The summed E-state index contributed by atoms with van der Waals surface area (Å²) in [5.41, 5.74) is 7.31. The van der Waals surface area contributed by atoms with Crippen LogP contribution in [0.15, 0.2) is 29.3 Å². The fourth-order valence-electron chi connectivity index (χ4n) is 1.47. The molecule has 0 unspecified atom stereocenters. The Bertz CT molecular complexity index is 470. The first-order valence-electron chi connectivity index (χ1n) is 4.43. The van der Waals surface area contributed by atoms with Gasteiger partial charge in [-0.2, -0.15) is 0 Å². The Morgan fingerprint density at radius 2 is 2.29 bits per heavy atom. The number of aromatic nitrogens is 2. The highest BCUT2D eigenvalue weighted by Crippen LogP contribution is 2.14. The number of rotatable bonds is 2. The van der Waals surface area contributed by atoms with E-state index in [1.807, 2.05) is 35.9 Å². The van der Waals surface area contributed by atoms with Gasteiger partial charge in [0.05, 0.1) is 23.9 Å². The van der Waals surface area contributed by atoms with Crippen LogP contribution in [-0.2, 0) is 13.6 Å². The Labute approximate surface area is 82.1 Å².